The number of amides is 1. The van der Waals surface area contributed by atoms with Gasteiger partial charge in [0, 0.05) is 30.6 Å². The molecule has 1 amide bonds. The number of nitrogens with one attached hydrogen (secondary N) is 1. The molecule has 3 rings (SSSR count). The van der Waals surface area contributed by atoms with Crippen LogP contribution < -0.4 is 10.9 Å². The first-order valence-corrected chi connectivity index (χ1v) is 10.8. The van der Waals surface area contributed by atoms with Gasteiger partial charge < -0.3 is 14.6 Å². The second-order valence-corrected chi connectivity index (χ2v) is 8.66. The van der Waals surface area contributed by atoms with Crippen molar-refractivity contribution < 1.29 is 9.53 Å². The summed E-state index contributed by atoms with van der Waals surface area (Å²) < 4.78 is 7.34. The van der Waals surface area contributed by atoms with Crippen molar-refractivity contribution in [3.63, 3.8) is 0 Å². The predicted octanol–water partition coefficient (Wildman–Crippen LogP) is 3.20. The van der Waals surface area contributed by atoms with E-state index in [1.165, 1.54) is 0 Å². The van der Waals surface area contributed by atoms with Gasteiger partial charge in [-0.1, -0.05) is 13.8 Å². The zero-order valence-electron chi connectivity index (χ0n) is 17.1. The molecule has 3 heterocycles. The highest BCUT2D eigenvalue weighted by Crippen LogP contribution is 2.18. The Morgan fingerprint density at radius 2 is 2.21 bits per heavy atom. The summed E-state index contributed by atoms with van der Waals surface area (Å²) in [5, 5.41) is 5.96. The Balaban J connectivity index is 1.68. The molecule has 1 atom stereocenters. The molecular formula is C21H29N3O3S. The Morgan fingerprint density at radius 3 is 2.86 bits per heavy atom. The number of aromatic nitrogens is 2. The van der Waals surface area contributed by atoms with Crippen LogP contribution in [0.3, 0.4) is 0 Å². The van der Waals surface area contributed by atoms with E-state index < -0.39 is 0 Å². The van der Waals surface area contributed by atoms with E-state index in [0.717, 1.165) is 35.8 Å². The number of carbonyl (C=O) groups is 1. The summed E-state index contributed by atoms with van der Waals surface area (Å²) in [6.07, 6.45) is 2.69. The van der Waals surface area contributed by atoms with Crippen LogP contribution in [0.4, 0.5) is 0 Å². The molecule has 0 bridgehead atoms. The lowest BCUT2D eigenvalue weighted by Gasteiger charge is -2.17. The van der Waals surface area contributed by atoms with E-state index in [4.69, 9.17) is 4.74 Å². The summed E-state index contributed by atoms with van der Waals surface area (Å²) in [5.41, 5.74) is 2.64. The number of thiazole rings is 1. The Kier molecular flexibility index (Phi) is 6.67. The van der Waals surface area contributed by atoms with E-state index in [-0.39, 0.29) is 23.1 Å². The quantitative estimate of drug-likeness (QED) is 0.771. The molecule has 28 heavy (non-hydrogen) atoms. The minimum absolute atomic E-state index is 0.0510. The lowest BCUT2D eigenvalue weighted by Crippen LogP contribution is -2.37. The minimum atomic E-state index is -0.316. The number of hydrogen-bond donors (Lipinski definition) is 1. The third-order valence-electron chi connectivity index (χ3n) is 5.13. The molecule has 152 valence electrons. The summed E-state index contributed by atoms with van der Waals surface area (Å²) in [5.74, 6) is 0.0846. The molecule has 0 saturated carbocycles. The van der Waals surface area contributed by atoms with Crippen molar-refractivity contribution in [1.29, 1.82) is 0 Å². The van der Waals surface area contributed by atoms with Crippen molar-refractivity contribution in [2.24, 2.45) is 0 Å². The van der Waals surface area contributed by atoms with Gasteiger partial charge in [-0.25, -0.2) is 4.98 Å². The average molecular weight is 404 g/mol. The maximum atomic E-state index is 13.0. The van der Waals surface area contributed by atoms with Gasteiger partial charge in [-0.05, 0) is 44.2 Å². The molecule has 2 aromatic rings. The van der Waals surface area contributed by atoms with Gasteiger partial charge in [-0.15, -0.1) is 11.3 Å². The summed E-state index contributed by atoms with van der Waals surface area (Å²) in [7, 11) is 0. The standard InChI is InChI=1S/C21H29N3O3S/c1-13(2)17-12-28-18(23-17)7-8-22-20(25)19-14(3)10-15(4)24(21(19)26)11-16-6-5-9-27-16/h10,12-13,16H,5-9,11H2,1-4H3,(H,22,25)/t16-/m0/s1. The van der Waals surface area contributed by atoms with Crippen molar-refractivity contribution in [3.05, 3.63) is 49.3 Å². The van der Waals surface area contributed by atoms with Crippen LogP contribution in [0.15, 0.2) is 16.2 Å². The molecule has 1 saturated heterocycles. The van der Waals surface area contributed by atoms with Gasteiger partial charge in [-0.3, -0.25) is 9.59 Å². The van der Waals surface area contributed by atoms with Crippen molar-refractivity contribution >= 4 is 17.2 Å². The van der Waals surface area contributed by atoms with Crippen LogP contribution in [-0.4, -0.2) is 34.7 Å². The summed E-state index contributed by atoms with van der Waals surface area (Å²) in [6, 6.07) is 1.90. The molecule has 7 heteroatoms. The topological polar surface area (TPSA) is 73.2 Å². The maximum Gasteiger partial charge on any atom is 0.263 e. The third kappa shape index (κ3) is 4.70. The number of aryl methyl sites for hydroxylation is 2. The minimum Gasteiger partial charge on any atom is -0.376 e. The monoisotopic (exact) mass is 403 g/mol. The zero-order valence-corrected chi connectivity index (χ0v) is 17.9. The van der Waals surface area contributed by atoms with Crippen molar-refractivity contribution in [1.82, 2.24) is 14.9 Å². The second-order valence-electron chi connectivity index (χ2n) is 7.72. The summed E-state index contributed by atoms with van der Waals surface area (Å²) in [4.78, 5) is 30.3. The number of pyridine rings is 1. The van der Waals surface area contributed by atoms with Crippen LogP contribution in [0.25, 0.3) is 0 Å². The smallest absolute Gasteiger partial charge is 0.263 e. The fourth-order valence-corrected chi connectivity index (χ4v) is 4.46. The average Bonchev–Trinajstić information content (AvgIpc) is 3.30. The Hall–Kier alpha value is -1.99. The number of hydrogen-bond acceptors (Lipinski definition) is 5. The molecule has 0 aromatic carbocycles. The fraction of sp³-hybridized carbons (Fsp3) is 0.571. The number of carbonyl (C=O) groups excluding carboxylic acids is 1. The summed E-state index contributed by atoms with van der Waals surface area (Å²) >= 11 is 1.61. The molecule has 6 nitrogen and oxygen atoms in total. The van der Waals surface area contributed by atoms with Crippen LogP contribution in [0.2, 0.25) is 0 Å². The second kappa shape index (κ2) is 9.01. The third-order valence-corrected chi connectivity index (χ3v) is 6.05. The highest BCUT2D eigenvalue weighted by atomic mass is 32.1. The Bertz CT molecular complexity index is 895. The van der Waals surface area contributed by atoms with Crippen molar-refractivity contribution in [2.45, 2.75) is 65.5 Å². The molecule has 1 aliphatic heterocycles. The van der Waals surface area contributed by atoms with Gasteiger partial charge >= 0.3 is 0 Å². The van der Waals surface area contributed by atoms with E-state index >= 15 is 0 Å². The highest BCUT2D eigenvalue weighted by Gasteiger charge is 2.21. The summed E-state index contributed by atoms with van der Waals surface area (Å²) in [6.45, 7) is 9.65. The lowest BCUT2D eigenvalue weighted by atomic mass is 10.1. The van der Waals surface area contributed by atoms with E-state index in [0.29, 0.717) is 31.0 Å². The van der Waals surface area contributed by atoms with Crippen LogP contribution in [-0.2, 0) is 17.7 Å². The van der Waals surface area contributed by atoms with Gasteiger partial charge in [0.15, 0.2) is 0 Å². The lowest BCUT2D eigenvalue weighted by molar-refractivity contribution is 0.0927. The molecule has 1 fully saturated rings. The fourth-order valence-electron chi connectivity index (χ4n) is 3.50. The van der Waals surface area contributed by atoms with E-state index in [1.807, 2.05) is 19.9 Å². The normalized spacial score (nSPS) is 16.7. The first-order valence-electron chi connectivity index (χ1n) is 9.92. The Morgan fingerprint density at radius 1 is 1.43 bits per heavy atom. The molecule has 2 aromatic heterocycles. The number of ether oxygens (including phenoxy) is 1. The van der Waals surface area contributed by atoms with Gasteiger partial charge in [0.2, 0.25) is 0 Å². The van der Waals surface area contributed by atoms with Crippen LogP contribution in [0.1, 0.15) is 64.9 Å². The van der Waals surface area contributed by atoms with Gasteiger partial charge in [0.1, 0.15) is 5.56 Å². The molecule has 0 aliphatic carbocycles. The molecule has 1 N–H and O–H groups in total. The van der Waals surface area contributed by atoms with E-state index in [9.17, 15) is 9.59 Å². The largest absolute Gasteiger partial charge is 0.376 e. The predicted molar refractivity (Wildman–Crippen MR) is 111 cm³/mol. The molecular weight excluding hydrogens is 374 g/mol. The zero-order chi connectivity index (χ0) is 20.3. The maximum absolute atomic E-state index is 13.0. The number of nitrogens with zero attached hydrogens (tertiary/aromatic N) is 2. The highest BCUT2D eigenvalue weighted by molar-refractivity contribution is 7.09. The van der Waals surface area contributed by atoms with Gasteiger partial charge in [-0.2, -0.15) is 0 Å². The number of rotatable bonds is 7. The molecule has 0 spiro atoms. The van der Waals surface area contributed by atoms with E-state index in [1.54, 1.807) is 15.9 Å². The molecule has 1 aliphatic rings. The van der Waals surface area contributed by atoms with Crippen LogP contribution in [0, 0.1) is 13.8 Å². The first kappa shape index (κ1) is 20.7. The Labute approximate surface area is 170 Å². The van der Waals surface area contributed by atoms with Crippen LogP contribution in [0.5, 0.6) is 0 Å². The van der Waals surface area contributed by atoms with Crippen molar-refractivity contribution in [3.8, 4) is 0 Å². The van der Waals surface area contributed by atoms with Crippen molar-refractivity contribution in [2.75, 3.05) is 13.2 Å². The van der Waals surface area contributed by atoms with E-state index in [2.05, 4.69) is 29.5 Å². The molecule has 0 radical (unpaired) electrons. The molecule has 0 unspecified atom stereocenters. The first-order chi connectivity index (χ1) is 13.4. The van der Waals surface area contributed by atoms with Gasteiger partial charge in [0.05, 0.1) is 23.4 Å². The van der Waals surface area contributed by atoms with Gasteiger partial charge in [0.25, 0.3) is 11.5 Å². The SMILES string of the molecule is Cc1cc(C)n(C[C@@H]2CCCO2)c(=O)c1C(=O)NCCc1nc(C(C)C)cs1. The van der Waals surface area contributed by atoms with Crippen LogP contribution >= 0.6 is 11.3 Å².